The Hall–Kier alpha value is -2.47. The number of carbonyl (C=O) groups is 1. The van der Waals surface area contributed by atoms with Gasteiger partial charge in [0.25, 0.3) is 5.91 Å². The molecule has 1 N–H and O–H groups in total. The number of rotatable bonds is 6. The number of hydrogen-bond acceptors (Lipinski definition) is 3. The van der Waals surface area contributed by atoms with Crippen molar-refractivity contribution < 1.29 is 18.3 Å². The second-order valence-corrected chi connectivity index (χ2v) is 6.37. The number of hydrogen-bond donors (Lipinski definition) is 1. The number of para-hydroxylation sites is 1. The minimum Gasteiger partial charge on any atom is -0.496 e. The van der Waals surface area contributed by atoms with Crippen LogP contribution in [-0.4, -0.2) is 37.6 Å². The van der Waals surface area contributed by atoms with E-state index in [2.05, 4.69) is 10.2 Å². The van der Waals surface area contributed by atoms with Crippen LogP contribution in [0.25, 0.3) is 0 Å². The maximum absolute atomic E-state index is 13.4. The molecule has 1 amide bonds. The number of likely N-dealkylation sites (tertiary alicyclic amines) is 1. The summed E-state index contributed by atoms with van der Waals surface area (Å²) in [6.07, 6.45) is 2.21. The average molecular weight is 360 g/mol. The van der Waals surface area contributed by atoms with Crippen molar-refractivity contribution in [1.29, 1.82) is 0 Å². The van der Waals surface area contributed by atoms with E-state index < -0.39 is 17.5 Å². The first kappa shape index (κ1) is 18.3. The van der Waals surface area contributed by atoms with E-state index in [4.69, 9.17) is 4.74 Å². The molecule has 0 aromatic heterocycles. The molecule has 0 spiro atoms. The van der Waals surface area contributed by atoms with Crippen LogP contribution in [-0.2, 0) is 0 Å². The fraction of sp³-hybridized carbons (Fsp3) is 0.350. The first-order valence-corrected chi connectivity index (χ1v) is 8.69. The van der Waals surface area contributed by atoms with Crippen molar-refractivity contribution in [3.63, 3.8) is 0 Å². The molecule has 0 bridgehead atoms. The number of nitrogens with zero attached hydrogens (tertiary/aromatic N) is 1. The van der Waals surface area contributed by atoms with E-state index in [1.54, 1.807) is 7.11 Å². The molecule has 1 atom stereocenters. The molecule has 0 radical (unpaired) electrons. The lowest BCUT2D eigenvalue weighted by Crippen LogP contribution is -2.37. The topological polar surface area (TPSA) is 41.6 Å². The zero-order valence-electron chi connectivity index (χ0n) is 14.7. The fourth-order valence-electron chi connectivity index (χ4n) is 3.41. The molecule has 1 aliphatic heterocycles. The summed E-state index contributed by atoms with van der Waals surface area (Å²) in [6, 6.07) is 10.5. The zero-order valence-corrected chi connectivity index (χ0v) is 14.7. The summed E-state index contributed by atoms with van der Waals surface area (Å²) in [5, 5.41) is 2.81. The van der Waals surface area contributed by atoms with Gasteiger partial charge in [0, 0.05) is 23.7 Å². The Morgan fingerprint density at radius 3 is 2.46 bits per heavy atom. The Labute approximate surface area is 151 Å². The maximum atomic E-state index is 13.4. The molecule has 1 aliphatic rings. The van der Waals surface area contributed by atoms with Crippen LogP contribution in [0.5, 0.6) is 5.75 Å². The molecule has 4 nitrogen and oxygen atoms in total. The molecule has 1 heterocycles. The first-order chi connectivity index (χ1) is 12.6. The lowest BCUT2D eigenvalue weighted by Gasteiger charge is -2.29. The van der Waals surface area contributed by atoms with Crippen LogP contribution in [0.4, 0.5) is 8.78 Å². The van der Waals surface area contributed by atoms with Gasteiger partial charge in [0.2, 0.25) is 0 Å². The largest absolute Gasteiger partial charge is 0.496 e. The monoisotopic (exact) mass is 360 g/mol. The molecular weight excluding hydrogens is 338 g/mol. The Kier molecular flexibility index (Phi) is 5.83. The second-order valence-electron chi connectivity index (χ2n) is 6.37. The summed E-state index contributed by atoms with van der Waals surface area (Å²) in [6.45, 7) is 2.21. The van der Waals surface area contributed by atoms with Gasteiger partial charge < -0.3 is 10.1 Å². The molecule has 1 unspecified atom stereocenters. The van der Waals surface area contributed by atoms with Crippen molar-refractivity contribution in [1.82, 2.24) is 10.2 Å². The summed E-state index contributed by atoms with van der Waals surface area (Å²) in [7, 11) is 1.62. The van der Waals surface area contributed by atoms with Gasteiger partial charge in [-0.05, 0) is 44.1 Å². The van der Waals surface area contributed by atoms with Gasteiger partial charge in [-0.1, -0.05) is 18.2 Å². The van der Waals surface area contributed by atoms with Crippen LogP contribution >= 0.6 is 0 Å². The van der Waals surface area contributed by atoms with E-state index in [9.17, 15) is 13.6 Å². The molecule has 1 fully saturated rings. The molecule has 2 aromatic rings. The lowest BCUT2D eigenvalue weighted by molar-refractivity contribution is 0.0936. The van der Waals surface area contributed by atoms with Gasteiger partial charge in [0.05, 0.1) is 13.2 Å². The highest BCUT2D eigenvalue weighted by atomic mass is 19.1. The molecule has 0 saturated carbocycles. The van der Waals surface area contributed by atoms with E-state index >= 15 is 0 Å². The zero-order chi connectivity index (χ0) is 18.5. The first-order valence-electron chi connectivity index (χ1n) is 8.69. The van der Waals surface area contributed by atoms with Crippen molar-refractivity contribution in [3.05, 3.63) is 65.2 Å². The molecular formula is C20H22F2N2O2. The summed E-state index contributed by atoms with van der Waals surface area (Å²) < 4.78 is 32.2. The van der Waals surface area contributed by atoms with E-state index in [1.165, 1.54) is 0 Å². The normalized spacial score (nSPS) is 15.7. The number of methoxy groups -OCH3 is 1. The van der Waals surface area contributed by atoms with E-state index in [0.29, 0.717) is 6.54 Å². The molecule has 138 valence electrons. The molecule has 1 saturated heterocycles. The quantitative estimate of drug-likeness (QED) is 0.857. The third kappa shape index (κ3) is 4.19. The van der Waals surface area contributed by atoms with Crippen LogP contribution < -0.4 is 10.1 Å². The Bertz CT molecular complexity index is 756. The third-order valence-electron chi connectivity index (χ3n) is 4.66. The standard InChI is InChI=1S/C20H22F2N2O2/c1-26-19-7-3-2-6-17(19)18(24-8-4-5-9-24)13-23-20(25)14-10-15(21)12-16(22)11-14/h2-3,6-7,10-12,18H,4-5,8-9,13H2,1H3,(H,23,25). The lowest BCUT2D eigenvalue weighted by atomic mass is 10.0. The highest BCUT2D eigenvalue weighted by Crippen LogP contribution is 2.31. The number of nitrogens with one attached hydrogen (secondary N) is 1. The van der Waals surface area contributed by atoms with E-state index in [0.717, 1.165) is 55.4 Å². The summed E-state index contributed by atoms with van der Waals surface area (Å²) in [4.78, 5) is 14.7. The van der Waals surface area contributed by atoms with Crippen LogP contribution in [0, 0.1) is 11.6 Å². The van der Waals surface area contributed by atoms with Crippen LogP contribution in [0.3, 0.4) is 0 Å². The van der Waals surface area contributed by atoms with Crippen molar-refractivity contribution in [2.45, 2.75) is 18.9 Å². The average Bonchev–Trinajstić information content (AvgIpc) is 3.15. The number of halogens is 2. The van der Waals surface area contributed by atoms with Crippen molar-refractivity contribution in [2.75, 3.05) is 26.7 Å². The predicted octanol–water partition coefficient (Wildman–Crippen LogP) is 3.54. The number of benzene rings is 2. The van der Waals surface area contributed by atoms with Crippen molar-refractivity contribution in [2.24, 2.45) is 0 Å². The van der Waals surface area contributed by atoms with Crippen molar-refractivity contribution >= 4 is 5.91 Å². The molecule has 26 heavy (non-hydrogen) atoms. The van der Waals surface area contributed by atoms with Gasteiger partial charge in [-0.2, -0.15) is 0 Å². The fourth-order valence-corrected chi connectivity index (χ4v) is 3.41. The van der Waals surface area contributed by atoms with Gasteiger partial charge in [-0.3, -0.25) is 9.69 Å². The van der Waals surface area contributed by atoms with Gasteiger partial charge >= 0.3 is 0 Å². The van der Waals surface area contributed by atoms with Crippen LogP contribution in [0.15, 0.2) is 42.5 Å². The Morgan fingerprint density at radius 2 is 1.81 bits per heavy atom. The van der Waals surface area contributed by atoms with E-state index in [-0.39, 0.29) is 11.6 Å². The molecule has 3 rings (SSSR count). The van der Waals surface area contributed by atoms with Gasteiger partial charge in [-0.15, -0.1) is 0 Å². The van der Waals surface area contributed by atoms with Gasteiger partial charge in [0.1, 0.15) is 17.4 Å². The Balaban J connectivity index is 1.79. The number of carbonyl (C=O) groups excluding carboxylic acids is 1. The van der Waals surface area contributed by atoms with Gasteiger partial charge in [0.15, 0.2) is 0 Å². The molecule has 6 heteroatoms. The SMILES string of the molecule is COc1ccccc1C(CNC(=O)c1cc(F)cc(F)c1)N1CCCC1. The number of ether oxygens (including phenoxy) is 1. The highest BCUT2D eigenvalue weighted by Gasteiger charge is 2.26. The van der Waals surface area contributed by atoms with Gasteiger partial charge in [-0.25, -0.2) is 8.78 Å². The minimum atomic E-state index is -0.768. The summed E-state index contributed by atoms with van der Waals surface area (Å²) >= 11 is 0. The molecule has 0 aliphatic carbocycles. The molecule has 2 aromatic carbocycles. The summed E-state index contributed by atoms with van der Waals surface area (Å²) in [5.74, 6) is -1.27. The van der Waals surface area contributed by atoms with Crippen LogP contribution in [0.2, 0.25) is 0 Å². The predicted molar refractivity (Wildman–Crippen MR) is 95.2 cm³/mol. The summed E-state index contributed by atoms with van der Waals surface area (Å²) in [5.41, 5.74) is 0.963. The second kappa shape index (κ2) is 8.27. The third-order valence-corrected chi connectivity index (χ3v) is 4.66. The number of amides is 1. The smallest absolute Gasteiger partial charge is 0.251 e. The maximum Gasteiger partial charge on any atom is 0.251 e. The minimum absolute atomic E-state index is 0.0253. The van der Waals surface area contributed by atoms with Crippen molar-refractivity contribution in [3.8, 4) is 5.75 Å². The van der Waals surface area contributed by atoms with E-state index in [1.807, 2.05) is 24.3 Å². The highest BCUT2D eigenvalue weighted by molar-refractivity contribution is 5.94. The van der Waals surface area contributed by atoms with Crippen LogP contribution in [0.1, 0.15) is 34.8 Å². The Morgan fingerprint density at radius 1 is 1.15 bits per heavy atom.